The minimum absolute atomic E-state index is 0.122. The van der Waals surface area contributed by atoms with Gasteiger partial charge in [0.1, 0.15) is 0 Å². The second kappa shape index (κ2) is 2.61. The van der Waals surface area contributed by atoms with Crippen molar-refractivity contribution in [2.45, 2.75) is 6.32 Å². The number of H-pyrrole nitrogens is 1. The molecular weight excluding hydrogens is 121 g/mol. The van der Waals surface area contributed by atoms with Crippen LogP contribution in [0.25, 0.3) is 0 Å². The number of nitrogens with one attached hydrogen (secondary N) is 1. The van der Waals surface area contributed by atoms with Gasteiger partial charge in [0.2, 0.25) is 0 Å². The molecule has 1 aromatic heterocycles. The maximum absolute atomic E-state index is 8.40. The van der Waals surface area contributed by atoms with Crippen molar-refractivity contribution < 1.29 is 10.0 Å². The average molecular weight is 127 g/mol. The highest BCUT2D eigenvalue weighted by atomic mass is 16.4. The fourth-order valence-electron chi connectivity index (χ4n) is 0.512. The molecule has 0 saturated heterocycles. The van der Waals surface area contributed by atoms with E-state index < -0.39 is 7.12 Å². The van der Waals surface area contributed by atoms with Gasteiger partial charge in [-0.2, -0.15) is 0 Å². The quantitative estimate of drug-likeness (QED) is 0.416. The van der Waals surface area contributed by atoms with Gasteiger partial charge >= 0.3 is 7.12 Å². The monoisotopic (exact) mass is 127 g/mol. The Labute approximate surface area is 51.9 Å². The van der Waals surface area contributed by atoms with Gasteiger partial charge in [-0.1, -0.05) is 5.21 Å². The first-order chi connectivity index (χ1) is 4.29. The zero-order valence-electron chi connectivity index (χ0n) is 4.65. The topological polar surface area (TPSA) is 82.0 Å². The van der Waals surface area contributed by atoms with Crippen LogP contribution in [0.3, 0.4) is 0 Å². The van der Waals surface area contributed by atoms with Crippen molar-refractivity contribution in [2.75, 3.05) is 0 Å². The molecule has 0 aliphatic carbocycles. The number of aromatic amines is 1. The van der Waals surface area contributed by atoms with Gasteiger partial charge in [-0.25, -0.2) is 0 Å². The molecule has 9 heavy (non-hydrogen) atoms. The molecule has 0 fully saturated rings. The molecule has 0 spiro atoms. The van der Waals surface area contributed by atoms with E-state index in [0.29, 0.717) is 5.69 Å². The van der Waals surface area contributed by atoms with Gasteiger partial charge in [-0.05, 0) is 0 Å². The highest BCUT2D eigenvalue weighted by Gasteiger charge is 2.08. The van der Waals surface area contributed by atoms with Gasteiger partial charge < -0.3 is 10.0 Å². The van der Waals surface area contributed by atoms with E-state index in [1.54, 1.807) is 0 Å². The van der Waals surface area contributed by atoms with Crippen LogP contribution in [0.5, 0.6) is 0 Å². The first-order valence-electron chi connectivity index (χ1n) is 2.50. The largest absolute Gasteiger partial charge is 0.457 e. The van der Waals surface area contributed by atoms with Crippen LogP contribution in [-0.2, 0) is 6.32 Å². The number of hydrogen-bond acceptors (Lipinski definition) is 4. The molecule has 0 atom stereocenters. The molecule has 0 radical (unpaired) electrons. The van der Waals surface area contributed by atoms with E-state index in [2.05, 4.69) is 15.4 Å². The van der Waals surface area contributed by atoms with E-state index in [-0.39, 0.29) is 6.32 Å². The molecule has 1 heterocycles. The molecule has 1 aromatic rings. The van der Waals surface area contributed by atoms with Crippen molar-refractivity contribution in [1.82, 2.24) is 15.4 Å². The van der Waals surface area contributed by atoms with Gasteiger partial charge in [0, 0.05) is 12.5 Å². The molecule has 0 saturated carbocycles. The Morgan fingerprint density at radius 1 is 1.67 bits per heavy atom. The summed E-state index contributed by atoms with van der Waals surface area (Å²) in [5, 5.41) is 26.2. The second-order valence-electron chi connectivity index (χ2n) is 1.65. The van der Waals surface area contributed by atoms with Gasteiger partial charge in [-0.3, -0.25) is 5.10 Å². The molecule has 0 amide bonds. The Morgan fingerprint density at radius 2 is 2.44 bits per heavy atom. The van der Waals surface area contributed by atoms with Crippen LogP contribution in [0.1, 0.15) is 5.69 Å². The maximum atomic E-state index is 8.40. The lowest BCUT2D eigenvalue weighted by atomic mass is 9.85. The van der Waals surface area contributed by atoms with Crippen molar-refractivity contribution in [3.63, 3.8) is 0 Å². The van der Waals surface area contributed by atoms with E-state index in [9.17, 15) is 0 Å². The predicted octanol–water partition coefficient (Wildman–Crippen LogP) is -1.64. The summed E-state index contributed by atoms with van der Waals surface area (Å²) >= 11 is 0. The summed E-state index contributed by atoms with van der Waals surface area (Å²) < 4.78 is 0. The number of rotatable bonds is 2. The standard InChI is InChI=1S/C3H6BN3O2/c8-4(9)1-3-2-5-7-6-3/h2,8-9H,1H2,(H,5,6,7). The van der Waals surface area contributed by atoms with Crippen LogP contribution in [0.2, 0.25) is 0 Å². The number of nitrogens with zero attached hydrogens (tertiary/aromatic N) is 2. The smallest absolute Gasteiger partial charge is 0.427 e. The second-order valence-corrected chi connectivity index (χ2v) is 1.65. The van der Waals surface area contributed by atoms with Gasteiger partial charge in [-0.15, -0.1) is 5.10 Å². The summed E-state index contributed by atoms with van der Waals surface area (Å²) in [4.78, 5) is 0. The summed E-state index contributed by atoms with van der Waals surface area (Å²) in [5.74, 6) is 0. The first-order valence-corrected chi connectivity index (χ1v) is 2.50. The van der Waals surface area contributed by atoms with Crippen molar-refractivity contribution in [3.8, 4) is 0 Å². The summed E-state index contributed by atoms with van der Waals surface area (Å²) in [6, 6.07) is 0. The van der Waals surface area contributed by atoms with E-state index in [4.69, 9.17) is 10.0 Å². The van der Waals surface area contributed by atoms with Gasteiger partial charge in [0.25, 0.3) is 0 Å². The zero-order valence-corrected chi connectivity index (χ0v) is 4.65. The summed E-state index contributed by atoms with van der Waals surface area (Å²) in [7, 11) is -1.34. The van der Waals surface area contributed by atoms with E-state index >= 15 is 0 Å². The molecule has 0 aliphatic rings. The molecule has 0 unspecified atom stereocenters. The number of aromatic nitrogens is 3. The maximum Gasteiger partial charge on any atom is 0.457 e. The van der Waals surface area contributed by atoms with E-state index in [1.807, 2.05) is 0 Å². The molecular formula is C3H6BN3O2. The molecule has 0 aromatic carbocycles. The summed E-state index contributed by atoms with van der Waals surface area (Å²) in [5.41, 5.74) is 0.546. The molecule has 3 N–H and O–H groups in total. The lowest BCUT2D eigenvalue weighted by Gasteiger charge is -1.89. The SMILES string of the molecule is OB(O)Cc1c[nH]nn1. The van der Waals surface area contributed by atoms with Gasteiger partial charge in [0.15, 0.2) is 0 Å². The minimum Gasteiger partial charge on any atom is -0.427 e. The van der Waals surface area contributed by atoms with Gasteiger partial charge in [0.05, 0.1) is 5.69 Å². The Morgan fingerprint density at radius 3 is 2.89 bits per heavy atom. The lowest BCUT2D eigenvalue weighted by Crippen LogP contribution is -2.15. The molecule has 1 rings (SSSR count). The molecule has 5 nitrogen and oxygen atoms in total. The van der Waals surface area contributed by atoms with E-state index in [0.717, 1.165) is 0 Å². The third-order valence-corrected chi connectivity index (χ3v) is 0.859. The minimum atomic E-state index is -1.34. The summed E-state index contributed by atoms with van der Waals surface area (Å²) in [6.07, 6.45) is 1.63. The van der Waals surface area contributed by atoms with Crippen LogP contribution >= 0.6 is 0 Å². The zero-order chi connectivity index (χ0) is 6.69. The van der Waals surface area contributed by atoms with Crippen LogP contribution < -0.4 is 0 Å². The fourth-order valence-corrected chi connectivity index (χ4v) is 0.512. The Hall–Kier alpha value is -0.875. The Kier molecular flexibility index (Phi) is 1.81. The number of hydrogen-bond donors (Lipinski definition) is 3. The summed E-state index contributed by atoms with van der Waals surface area (Å²) in [6.45, 7) is 0. The van der Waals surface area contributed by atoms with E-state index in [1.165, 1.54) is 6.20 Å². The normalized spacial score (nSPS) is 9.56. The third kappa shape index (κ3) is 1.83. The van der Waals surface area contributed by atoms with Crippen LogP contribution in [0.4, 0.5) is 0 Å². The van der Waals surface area contributed by atoms with Crippen LogP contribution in [-0.4, -0.2) is 32.6 Å². The molecule has 0 bridgehead atoms. The molecule has 48 valence electrons. The first kappa shape index (κ1) is 6.25. The van der Waals surface area contributed by atoms with Crippen LogP contribution in [0, 0.1) is 0 Å². The average Bonchev–Trinajstić information content (AvgIpc) is 2.15. The molecule has 0 aliphatic heterocycles. The highest BCUT2D eigenvalue weighted by Crippen LogP contribution is 1.89. The van der Waals surface area contributed by atoms with Crippen LogP contribution in [0.15, 0.2) is 6.20 Å². The Balaban J connectivity index is 2.48. The van der Waals surface area contributed by atoms with Crippen molar-refractivity contribution in [2.24, 2.45) is 0 Å². The predicted molar refractivity (Wildman–Crippen MR) is 30.3 cm³/mol. The van der Waals surface area contributed by atoms with Crippen molar-refractivity contribution in [3.05, 3.63) is 11.9 Å². The Bertz CT molecular complexity index is 164. The molecule has 6 heteroatoms. The highest BCUT2D eigenvalue weighted by molar-refractivity contribution is 6.40. The van der Waals surface area contributed by atoms with Crippen molar-refractivity contribution in [1.29, 1.82) is 0 Å². The lowest BCUT2D eigenvalue weighted by molar-refractivity contribution is 0.404. The fraction of sp³-hybridized carbons (Fsp3) is 0.333. The third-order valence-electron chi connectivity index (χ3n) is 0.859. The van der Waals surface area contributed by atoms with Crippen molar-refractivity contribution >= 4 is 7.12 Å².